The molecule has 0 bridgehead atoms. The molecule has 0 radical (unpaired) electrons. The number of aromatic amines is 1. The van der Waals surface area contributed by atoms with E-state index in [0.717, 1.165) is 22.7 Å². The lowest BCUT2D eigenvalue weighted by Gasteiger charge is -2.19. The number of alkyl halides is 3. The number of carbonyl (C=O) groups excluding carboxylic acids is 1. The third-order valence-corrected chi connectivity index (χ3v) is 4.80. The molecule has 3 aromatic carbocycles. The molecule has 152 valence electrons. The van der Waals surface area contributed by atoms with Crippen LogP contribution in [0.1, 0.15) is 33.4 Å². The third kappa shape index (κ3) is 4.20. The number of fused-ring (bicyclic) bond motifs is 1. The zero-order valence-corrected chi connectivity index (χ0v) is 15.8. The molecule has 0 spiro atoms. The molecule has 0 aliphatic rings. The highest BCUT2D eigenvalue weighted by molar-refractivity contribution is 5.96. The summed E-state index contributed by atoms with van der Waals surface area (Å²) in [5, 5.41) is 2.74. The predicted octanol–water partition coefficient (Wildman–Crippen LogP) is 5.30. The van der Waals surface area contributed by atoms with Crippen LogP contribution in [0.2, 0.25) is 0 Å². The quantitative estimate of drug-likeness (QED) is 0.470. The first-order chi connectivity index (χ1) is 14.4. The molecule has 1 heterocycles. The molecule has 1 amide bonds. The summed E-state index contributed by atoms with van der Waals surface area (Å²) in [6.45, 7) is 0. The molecule has 0 unspecified atom stereocenters. The van der Waals surface area contributed by atoms with Gasteiger partial charge in [0.1, 0.15) is 5.82 Å². The van der Waals surface area contributed by atoms with E-state index in [-0.39, 0.29) is 0 Å². The number of hydrogen-bond acceptors (Lipinski definition) is 2. The van der Waals surface area contributed by atoms with Gasteiger partial charge < -0.3 is 10.3 Å². The van der Waals surface area contributed by atoms with Gasteiger partial charge in [-0.3, -0.25) is 4.79 Å². The maximum Gasteiger partial charge on any atom is 0.417 e. The van der Waals surface area contributed by atoms with Crippen LogP contribution in [0.4, 0.5) is 13.2 Å². The second-order valence-electron chi connectivity index (χ2n) is 6.90. The van der Waals surface area contributed by atoms with E-state index >= 15 is 0 Å². The predicted molar refractivity (Wildman–Crippen MR) is 108 cm³/mol. The number of carbonyl (C=O) groups is 1. The Morgan fingerprint density at radius 3 is 2.33 bits per heavy atom. The Balaban J connectivity index is 1.69. The number of nitrogens with one attached hydrogen (secondary N) is 2. The van der Waals surface area contributed by atoms with Gasteiger partial charge in [-0.2, -0.15) is 13.2 Å². The summed E-state index contributed by atoms with van der Waals surface area (Å²) in [5.41, 5.74) is 1.04. The van der Waals surface area contributed by atoms with Crippen LogP contribution >= 0.6 is 0 Å². The second-order valence-corrected chi connectivity index (χ2v) is 6.90. The molecule has 0 fully saturated rings. The Hall–Kier alpha value is -3.61. The van der Waals surface area contributed by atoms with Crippen molar-refractivity contribution in [3.8, 4) is 0 Å². The van der Waals surface area contributed by atoms with Gasteiger partial charge in [-0.1, -0.05) is 54.6 Å². The highest BCUT2D eigenvalue weighted by atomic mass is 19.4. The van der Waals surface area contributed by atoms with Gasteiger partial charge in [0.25, 0.3) is 5.91 Å². The molecule has 7 heteroatoms. The van der Waals surface area contributed by atoms with Crippen molar-refractivity contribution in [2.24, 2.45) is 0 Å². The van der Waals surface area contributed by atoms with Crippen LogP contribution in [0, 0.1) is 0 Å². The summed E-state index contributed by atoms with van der Waals surface area (Å²) in [6, 6.07) is 20.9. The van der Waals surface area contributed by atoms with Crippen LogP contribution in [-0.4, -0.2) is 15.9 Å². The SMILES string of the molecule is O=C(N[C@@H](Cc1ccccc1)c1nc2ccccc2[nH]1)c1ccccc1C(F)(F)F. The number of amides is 1. The summed E-state index contributed by atoms with van der Waals surface area (Å²) in [6.07, 6.45) is -4.25. The number of nitrogens with zero attached hydrogens (tertiary/aromatic N) is 1. The van der Waals surface area contributed by atoms with Crippen molar-refractivity contribution in [3.05, 3.63) is 101 Å². The maximum atomic E-state index is 13.4. The molecule has 2 N–H and O–H groups in total. The van der Waals surface area contributed by atoms with E-state index in [1.165, 1.54) is 18.2 Å². The van der Waals surface area contributed by atoms with Crippen molar-refractivity contribution < 1.29 is 18.0 Å². The molecular formula is C23H18F3N3O. The average Bonchev–Trinajstić information content (AvgIpc) is 3.18. The first-order valence-corrected chi connectivity index (χ1v) is 9.37. The number of aromatic nitrogens is 2. The Bertz CT molecular complexity index is 1140. The van der Waals surface area contributed by atoms with E-state index in [4.69, 9.17) is 0 Å². The van der Waals surface area contributed by atoms with Crippen molar-refractivity contribution in [1.82, 2.24) is 15.3 Å². The van der Waals surface area contributed by atoms with Gasteiger partial charge in [0.2, 0.25) is 0 Å². The number of para-hydroxylation sites is 2. The van der Waals surface area contributed by atoms with Gasteiger partial charge in [0.05, 0.1) is 28.2 Å². The maximum absolute atomic E-state index is 13.4. The lowest BCUT2D eigenvalue weighted by Crippen LogP contribution is -2.32. The van der Waals surface area contributed by atoms with Crippen LogP contribution in [0.15, 0.2) is 78.9 Å². The van der Waals surface area contributed by atoms with Gasteiger partial charge in [0, 0.05) is 0 Å². The topological polar surface area (TPSA) is 57.8 Å². The van der Waals surface area contributed by atoms with E-state index in [9.17, 15) is 18.0 Å². The molecule has 4 nitrogen and oxygen atoms in total. The van der Waals surface area contributed by atoms with Gasteiger partial charge >= 0.3 is 6.18 Å². The molecule has 4 rings (SSSR count). The van der Waals surface area contributed by atoms with E-state index < -0.39 is 29.3 Å². The van der Waals surface area contributed by atoms with Crippen molar-refractivity contribution in [2.45, 2.75) is 18.6 Å². The zero-order valence-electron chi connectivity index (χ0n) is 15.8. The number of H-pyrrole nitrogens is 1. The smallest absolute Gasteiger partial charge is 0.342 e. The number of halogens is 3. The largest absolute Gasteiger partial charge is 0.417 e. The summed E-state index contributed by atoms with van der Waals surface area (Å²) in [4.78, 5) is 20.6. The first kappa shape index (κ1) is 19.7. The molecule has 0 aliphatic carbocycles. The fourth-order valence-electron chi connectivity index (χ4n) is 3.37. The normalized spacial score (nSPS) is 12.6. The molecule has 4 aromatic rings. The summed E-state index contributed by atoms with van der Waals surface area (Å²) >= 11 is 0. The number of imidazole rings is 1. The Morgan fingerprint density at radius 2 is 1.60 bits per heavy atom. The Kier molecular flexibility index (Phi) is 5.27. The summed E-state index contributed by atoms with van der Waals surface area (Å²) in [7, 11) is 0. The van der Waals surface area contributed by atoms with Gasteiger partial charge in [-0.25, -0.2) is 4.98 Å². The second kappa shape index (κ2) is 8.02. The molecule has 0 aliphatic heterocycles. The average molecular weight is 409 g/mol. The van der Waals surface area contributed by atoms with Crippen LogP contribution in [0.25, 0.3) is 11.0 Å². The Morgan fingerprint density at radius 1 is 0.933 bits per heavy atom. The van der Waals surface area contributed by atoms with E-state index in [2.05, 4.69) is 15.3 Å². The lowest BCUT2D eigenvalue weighted by molar-refractivity contribution is -0.137. The van der Waals surface area contributed by atoms with Crippen molar-refractivity contribution >= 4 is 16.9 Å². The minimum atomic E-state index is -4.62. The number of hydrogen-bond donors (Lipinski definition) is 2. The summed E-state index contributed by atoms with van der Waals surface area (Å²) in [5.74, 6) is -0.317. The summed E-state index contributed by atoms with van der Waals surface area (Å²) < 4.78 is 40.1. The zero-order chi connectivity index (χ0) is 21.1. The Labute approximate surface area is 170 Å². The fourth-order valence-corrected chi connectivity index (χ4v) is 3.37. The van der Waals surface area contributed by atoms with Crippen LogP contribution in [0.3, 0.4) is 0 Å². The molecule has 30 heavy (non-hydrogen) atoms. The van der Waals surface area contributed by atoms with Gasteiger partial charge in [-0.05, 0) is 36.2 Å². The lowest BCUT2D eigenvalue weighted by atomic mass is 10.0. The van der Waals surface area contributed by atoms with Gasteiger partial charge in [0.15, 0.2) is 0 Å². The van der Waals surface area contributed by atoms with Crippen molar-refractivity contribution in [1.29, 1.82) is 0 Å². The minimum Gasteiger partial charge on any atom is -0.342 e. The third-order valence-electron chi connectivity index (χ3n) is 4.80. The van der Waals surface area contributed by atoms with E-state index in [0.29, 0.717) is 12.2 Å². The first-order valence-electron chi connectivity index (χ1n) is 9.37. The van der Waals surface area contributed by atoms with Crippen LogP contribution < -0.4 is 5.32 Å². The molecule has 1 atom stereocenters. The monoisotopic (exact) mass is 409 g/mol. The van der Waals surface area contributed by atoms with Crippen molar-refractivity contribution in [3.63, 3.8) is 0 Å². The van der Waals surface area contributed by atoms with Gasteiger partial charge in [-0.15, -0.1) is 0 Å². The highest BCUT2D eigenvalue weighted by Crippen LogP contribution is 2.32. The standard InChI is InChI=1S/C23H18F3N3O/c24-23(25,26)17-11-5-4-10-16(17)22(30)29-20(14-15-8-2-1-3-9-15)21-27-18-12-6-7-13-19(18)28-21/h1-13,20H,14H2,(H,27,28)(H,29,30)/t20-/m0/s1. The highest BCUT2D eigenvalue weighted by Gasteiger charge is 2.35. The van der Waals surface area contributed by atoms with E-state index in [1.807, 2.05) is 54.6 Å². The van der Waals surface area contributed by atoms with Crippen molar-refractivity contribution in [2.75, 3.05) is 0 Å². The van der Waals surface area contributed by atoms with Crippen LogP contribution in [-0.2, 0) is 12.6 Å². The number of rotatable bonds is 5. The molecular weight excluding hydrogens is 391 g/mol. The molecule has 0 saturated carbocycles. The minimum absolute atomic E-state index is 0.376. The molecule has 0 saturated heterocycles. The fraction of sp³-hybridized carbons (Fsp3) is 0.130. The molecule has 1 aromatic heterocycles. The van der Waals surface area contributed by atoms with E-state index in [1.54, 1.807) is 0 Å². The number of benzene rings is 3. The van der Waals surface area contributed by atoms with Crippen LogP contribution in [0.5, 0.6) is 0 Å².